The average molecular weight is 217 g/mol. The smallest absolute Gasteiger partial charge is 0.307 e. The summed E-state index contributed by atoms with van der Waals surface area (Å²) >= 11 is 0. The topological polar surface area (TPSA) is 58.6 Å². The van der Waals surface area contributed by atoms with Gasteiger partial charge in [-0.05, 0) is 19.8 Å². The van der Waals surface area contributed by atoms with Crippen molar-refractivity contribution in [1.29, 1.82) is 0 Å². The zero-order valence-electron chi connectivity index (χ0n) is 10.2. The molecule has 90 valence electrons. The Kier molecular flexibility index (Phi) is 6.52. The minimum Gasteiger partial charge on any atom is -0.469 e. The number of carbonyl (C=O) groups is 1. The van der Waals surface area contributed by atoms with Gasteiger partial charge in [0.2, 0.25) is 0 Å². The van der Waals surface area contributed by atoms with Gasteiger partial charge in [0.1, 0.15) is 0 Å². The molecule has 0 rings (SSSR count). The van der Waals surface area contributed by atoms with Crippen molar-refractivity contribution < 1.29 is 14.6 Å². The summed E-state index contributed by atoms with van der Waals surface area (Å²) < 4.78 is 4.56. The lowest BCUT2D eigenvalue weighted by Gasteiger charge is -2.27. The molecule has 4 heteroatoms. The minimum atomic E-state index is -0.662. The first kappa shape index (κ1) is 14.4. The summed E-state index contributed by atoms with van der Waals surface area (Å²) in [6, 6.07) is 0.0297. The van der Waals surface area contributed by atoms with Gasteiger partial charge in [-0.3, -0.25) is 4.79 Å². The molecule has 0 aliphatic carbocycles. The van der Waals surface area contributed by atoms with Crippen LogP contribution in [-0.4, -0.2) is 36.4 Å². The second kappa shape index (κ2) is 6.80. The molecule has 0 heterocycles. The fourth-order valence-electron chi connectivity index (χ4n) is 1.27. The maximum atomic E-state index is 11.0. The lowest BCUT2D eigenvalue weighted by atomic mass is 9.97. The third-order valence-corrected chi connectivity index (χ3v) is 2.80. The Hall–Kier alpha value is -0.610. The summed E-state index contributed by atoms with van der Waals surface area (Å²) in [5.41, 5.74) is -0.662. The van der Waals surface area contributed by atoms with Crippen LogP contribution in [0.15, 0.2) is 0 Å². The quantitative estimate of drug-likeness (QED) is 0.626. The molecule has 0 aromatic heterocycles. The van der Waals surface area contributed by atoms with Crippen molar-refractivity contribution in [2.24, 2.45) is 0 Å². The fraction of sp³-hybridized carbons (Fsp3) is 0.909. The molecule has 0 bridgehead atoms. The Bertz CT molecular complexity index is 190. The van der Waals surface area contributed by atoms with E-state index in [2.05, 4.69) is 10.1 Å². The van der Waals surface area contributed by atoms with Crippen LogP contribution in [0.4, 0.5) is 0 Å². The van der Waals surface area contributed by atoms with E-state index in [-0.39, 0.29) is 12.0 Å². The Morgan fingerprint density at radius 1 is 1.47 bits per heavy atom. The van der Waals surface area contributed by atoms with Crippen LogP contribution in [0.3, 0.4) is 0 Å². The summed E-state index contributed by atoms with van der Waals surface area (Å²) in [7, 11) is 1.38. The lowest BCUT2D eigenvalue weighted by molar-refractivity contribution is -0.141. The molecule has 0 spiro atoms. The highest BCUT2D eigenvalue weighted by molar-refractivity contribution is 5.69. The van der Waals surface area contributed by atoms with Gasteiger partial charge in [0, 0.05) is 12.6 Å². The highest BCUT2D eigenvalue weighted by atomic mass is 16.5. The minimum absolute atomic E-state index is 0.0297. The first-order valence-corrected chi connectivity index (χ1v) is 5.50. The zero-order chi connectivity index (χ0) is 11.9. The molecule has 0 saturated carbocycles. The summed E-state index contributed by atoms with van der Waals surface area (Å²) in [6.45, 7) is 6.33. The standard InChI is InChI=1S/C11H23NO3/c1-5-11(14,6-2)8-12-9(3)7-10(13)15-4/h9,12,14H,5-8H2,1-4H3. The molecule has 2 N–H and O–H groups in total. The van der Waals surface area contributed by atoms with Crippen LogP contribution in [0.2, 0.25) is 0 Å². The van der Waals surface area contributed by atoms with Crippen LogP contribution in [-0.2, 0) is 9.53 Å². The van der Waals surface area contributed by atoms with Crippen molar-refractivity contribution in [3.63, 3.8) is 0 Å². The van der Waals surface area contributed by atoms with Gasteiger partial charge in [0.05, 0.1) is 19.1 Å². The molecule has 0 radical (unpaired) electrons. The predicted molar refractivity (Wildman–Crippen MR) is 59.6 cm³/mol. The van der Waals surface area contributed by atoms with Gasteiger partial charge in [0.25, 0.3) is 0 Å². The van der Waals surface area contributed by atoms with Crippen molar-refractivity contribution in [3.05, 3.63) is 0 Å². The monoisotopic (exact) mass is 217 g/mol. The molecule has 0 aliphatic heterocycles. The summed E-state index contributed by atoms with van der Waals surface area (Å²) in [5, 5.41) is 13.1. The summed E-state index contributed by atoms with van der Waals surface area (Å²) in [5.74, 6) is -0.230. The van der Waals surface area contributed by atoms with E-state index in [0.717, 1.165) is 0 Å². The molecule has 0 aromatic rings. The van der Waals surface area contributed by atoms with Gasteiger partial charge in [0.15, 0.2) is 0 Å². The summed E-state index contributed by atoms with van der Waals surface area (Å²) in [6.07, 6.45) is 1.75. The van der Waals surface area contributed by atoms with E-state index in [4.69, 9.17) is 0 Å². The number of ether oxygens (including phenoxy) is 1. The molecule has 4 nitrogen and oxygen atoms in total. The van der Waals surface area contributed by atoms with Gasteiger partial charge in [-0.25, -0.2) is 0 Å². The average Bonchev–Trinajstić information content (AvgIpc) is 2.25. The van der Waals surface area contributed by atoms with Crippen molar-refractivity contribution in [1.82, 2.24) is 5.32 Å². The molecule has 0 aromatic carbocycles. The van der Waals surface area contributed by atoms with Crippen LogP contribution in [0.25, 0.3) is 0 Å². The van der Waals surface area contributed by atoms with Gasteiger partial charge < -0.3 is 15.2 Å². The molecule has 1 unspecified atom stereocenters. The van der Waals surface area contributed by atoms with E-state index in [9.17, 15) is 9.90 Å². The number of hydrogen-bond donors (Lipinski definition) is 2. The second-order valence-electron chi connectivity index (χ2n) is 3.99. The van der Waals surface area contributed by atoms with E-state index in [1.807, 2.05) is 20.8 Å². The number of methoxy groups -OCH3 is 1. The van der Waals surface area contributed by atoms with Crippen molar-refractivity contribution in [2.75, 3.05) is 13.7 Å². The highest BCUT2D eigenvalue weighted by Gasteiger charge is 2.22. The highest BCUT2D eigenvalue weighted by Crippen LogP contribution is 2.13. The molecular formula is C11H23NO3. The predicted octanol–water partition coefficient (Wildman–Crippen LogP) is 1.08. The molecule has 0 aliphatic rings. The van der Waals surface area contributed by atoms with E-state index < -0.39 is 5.60 Å². The van der Waals surface area contributed by atoms with Gasteiger partial charge >= 0.3 is 5.97 Å². The zero-order valence-corrected chi connectivity index (χ0v) is 10.2. The number of hydrogen-bond acceptors (Lipinski definition) is 4. The maximum Gasteiger partial charge on any atom is 0.307 e. The van der Waals surface area contributed by atoms with Gasteiger partial charge in [-0.1, -0.05) is 13.8 Å². The van der Waals surface area contributed by atoms with E-state index >= 15 is 0 Å². The molecule has 15 heavy (non-hydrogen) atoms. The number of esters is 1. The number of aliphatic hydroxyl groups is 1. The number of carbonyl (C=O) groups excluding carboxylic acids is 1. The first-order chi connectivity index (χ1) is 6.97. The van der Waals surface area contributed by atoms with Crippen molar-refractivity contribution in [2.45, 2.75) is 51.7 Å². The number of rotatable bonds is 7. The Balaban J connectivity index is 3.88. The van der Waals surface area contributed by atoms with Crippen LogP contribution < -0.4 is 5.32 Å². The normalized spacial score (nSPS) is 13.7. The molecule has 1 atom stereocenters. The lowest BCUT2D eigenvalue weighted by Crippen LogP contribution is -2.43. The van der Waals surface area contributed by atoms with E-state index in [1.165, 1.54) is 7.11 Å². The van der Waals surface area contributed by atoms with Gasteiger partial charge in [-0.15, -0.1) is 0 Å². The largest absolute Gasteiger partial charge is 0.469 e. The van der Waals surface area contributed by atoms with E-state index in [1.54, 1.807) is 0 Å². The van der Waals surface area contributed by atoms with Crippen LogP contribution in [0.1, 0.15) is 40.0 Å². The fourth-order valence-corrected chi connectivity index (χ4v) is 1.27. The molecule has 0 saturated heterocycles. The van der Waals surface area contributed by atoms with Gasteiger partial charge in [-0.2, -0.15) is 0 Å². The van der Waals surface area contributed by atoms with Crippen molar-refractivity contribution >= 4 is 5.97 Å². The Morgan fingerprint density at radius 3 is 2.40 bits per heavy atom. The van der Waals surface area contributed by atoms with Crippen LogP contribution in [0.5, 0.6) is 0 Å². The number of nitrogens with one attached hydrogen (secondary N) is 1. The first-order valence-electron chi connectivity index (χ1n) is 5.50. The second-order valence-corrected chi connectivity index (χ2v) is 3.99. The summed E-state index contributed by atoms with van der Waals surface area (Å²) in [4.78, 5) is 11.0. The SMILES string of the molecule is CCC(O)(CC)CNC(C)CC(=O)OC. The third-order valence-electron chi connectivity index (χ3n) is 2.80. The Morgan fingerprint density at radius 2 is 2.00 bits per heavy atom. The van der Waals surface area contributed by atoms with Crippen LogP contribution in [0, 0.1) is 0 Å². The molecule has 0 fully saturated rings. The van der Waals surface area contributed by atoms with Crippen molar-refractivity contribution in [3.8, 4) is 0 Å². The van der Waals surface area contributed by atoms with Crippen LogP contribution >= 0.6 is 0 Å². The molecule has 0 amide bonds. The maximum absolute atomic E-state index is 11.0. The van der Waals surface area contributed by atoms with E-state index in [0.29, 0.717) is 25.8 Å². The third kappa shape index (κ3) is 5.74. The molecular weight excluding hydrogens is 194 g/mol. The Labute approximate surface area is 92.0 Å².